The molecule has 0 aliphatic carbocycles. The van der Waals surface area contributed by atoms with Crippen molar-refractivity contribution in [1.29, 1.82) is 0 Å². The molecule has 0 aliphatic rings. The number of H-pyrrole nitrogens is 2. The van der Waals surface area contributed by atoms with Crippen molar-refractivity contribution >= 4 is 17.6 Å². The fourth-order valence-corrected chi connectivity index (χ4v) is 1.39. The standard InChI is InChI=1S/C10H10N6O3/c11-8(16-19)5-4-12-15-9(5)14-10(18)6-2-1-3-7(17)13-6/h1-4,19H,(H2,11,16)(H,13,17)(H2,12,14,15,18). The summed E-state index contributed by atoms with van der Waals surface area (Å²) in [6.07, 6.45) is 1.29. The van der Waals surface area contributed by atoms with Gasteiger partial charge >= 0.3 is 0 Å². The van der Waals surface area contributed by atoms with Crippen molar-refractivity contribution in [2.75, 3.05) is 5.32 Å². The molecular weight excluding hydrogens is 252 g/mol. The van der Waals surface area contributed by atoms with E-state index in [1.165, 1.54) is 24.4 Å². The monoisotopic (exact) mass is 262 g/mol. The number of oxime groups is 1. The van der Waals surface area contributed by atoms with Crippen molar-refractivity contribution in [3.8, 4) is 0 Å². The van der Waals surface area contributed by atoms with Gasteiger partial charge in [0.15, 0.2) is 5.84 Å². The number of amides is 1. The summed E-state index contributed by atoms with van der Waals surface area (Å²) in [5, 5.41) is 20.0. The molecule has 6 N–H and O–H groups in total. The fraction of sp³-hybridized carbons (Fsp3) is 0. The number of nitrogens with one attached hydrogen (secondary N) is 3. The van der Waals surface area contributed by atoms with Crippen LogP contribution in [0.3, 0.4) is 0 Å². The number of pyridine rings is 1. The molecule has 19 heavy (non-hydrogen) atoms. The molecule has 0 atom stereocenters. The number of carbonyl (C=O) groups excluding carboxylic acids is 1. The van der Waals surface area contributed by atoms with E-state index in [-0.39, 0.29) is 22.9 Å². The number of hydrogen-bond acceptors (Lipinski definition) is 5. The molecule has 0 saturated heterocycles. The SMILES string of the molecule is N/C(=N/O)c1cn[nH]c1NC(=O)c1cccc(=O)[nH]1. The average molecular weight is 262 g/mol. The van der Waals surface area contributed by atoms with Gasteiger partial charge in [-0.05, 0) is 6.07 Å². The number of rotatable bonds is 3. The summed E-state index contributed by atoms with van der Waals surface area (Å²) in [6, 6.07) is 4.18. The first-order valence-electron chi connectivity index (χ1n) is 5.14. The molecule has 9 nitrogen and oxygen atoms in total. The maximum absolute atomic E-state index is 11.9. The third-order valence-corrected chi connectivity index (χ3v) is 2.27. The highest BCUT2D eigenvalue weighted by atomic mass is 16.4. The lowest BCUT2D eigenvalue weighted by Gasteiger charge is -2.04. The van der Waals surface area contributed by atoms with E-state index in [0.29, 0.717) is 0 Å². The molecule has 2 aromatic heterocycles. The average Bonchev–Trinajstić information content (AvgIpc) is 2.86. The maximum Gasteiger partial charge on any atom is 0.273 e. The van der Waals surface area contributed by atoms with Gasteiger partial charge in [0.2, 0.25) is 5.56 Å². The Morgan fingerprint density at radius 1 is 1.47 bits per heavy atom. The predicted molar refractivity (Wildman–Crippen MR) is 66.1 cm³/mol. The van der Waals surface area contributed by atoms with Crippen LogP contribution in [0.15, 0.2) is 34.3 Å². The molecule has 0 aromatic carbocycles. The molecule has 2 rings (SSSR count). The zero-order valence-corrected chi connectivity index (χ0v) is 9.54. The van der Waals surface area contributed by atoms with E-state index in [1.807, 2.05) is 0 Å². The van der Waals surface area contributed by atoms with Crippen LogP contribution in [0, 0.1) is 0 Å². The highest BCUT2D eigenvalue weighted by molar-refractivity contribution is 6.08. The quantitative estimate of drug-likeness (QED) is 0.217. The second-order valence-corrected chi connectivity index (χ2v) is 3.53. The third kappa shape index (κ3) is 2.60. The van der Waals surface area contributed by atoms with Crippen molar-refractivity contribution in [2.45, 2.75) is 0 Å². The summed E-state index contributed by atoms with van der Waals surface area (Å²) in [4.78, 5) is 25.3. The molecular formula is C10H10N6O3. The van der Waals surface area contributed by atoms with E-state index in [2.05, 4.69) is 25.7 Å². The lowest BCUT2D eigenvalue weighted by Crippen LogP contribution is -2.21. The molecule has 9 heteroatoms. The van der Waals surface area contributed by atoms with Crippen LogP contribution < -0.4 is 16.6 Å². The maximum atomic E-state index is 11.9. The lowest BCUT2D eigenvalue weighted by molar-refractivity contribution is 0.102. The molecule has 0 fully saturated rings. The number of anilines is 1. The van der Waals surface area contributed by atoms with Gasteiger partial charge < -0.3 is 21.2 Å². The Kier molecular flexibility index (Phi) is 3.28. The molecule has 0 saturated carbocycles. The van der Waals surface area contributed by atoms with Gasteiger partial charge in [-0.25, -0.2) is 0 Å². The third-order valence-electron chi connectivity index (χ3n) is 2.27. The minimum atomic E-state index is -0.561. The van der Waals surface area contributed by atoms with Gasteiger partial charge in [0.1, 0.15) is 11.5 Å². The summed E-state index contributed by atoms with van der Waals surface area (Å²) >= 11 is 0. The van der Waals surface area contributed by atoms with Gasteiger partial charge in [0.05, 0.1) is 11.8 Å². The van der Waals surface area contributed by atoms with Crippen molar-refractivity contribution < 1.29 is 10.0 Å². The Hall–Kier alpha value is -3.10. The number of amidine groups is 1. The highest BCUT2D eigenvalue weighted by Crippen LogP contribution is 2.11. The van der Waals surface area contributed by atoms with Crippen LogP contribution >= 0.6 is 0 Å². The van der Waals surface area contributed by atoms with E-state index in [1.54, 1.807) is 0 Å². The fourth-order valence-electron chi connectivity index (χ4n) is 1.39. The first-order valence-corrected chi connectivity index (χ1v) is 5.14. The number of nitrogens with two attached hydrogens (primary N) is 1. The smallest absolute Gasteiger partial charge is 0.273 e. The van der Waals surface area contributed by atoms with Crippen LogP contribution in [0.4, 0.5) is 5.82 Å². The number of carbonyl (C=O) groups is 1. The summed E-state index contributed by atoms with van der Waals surface area (Å²) in [5.74, 6) is -0.607. The van der Waals surface area contributed by atoms with E-state index in [4.69, 9.17) is 10.9 Å². The molecule has 2 heterocycles. The summed E-state index contributed by atoms with van der Waals surface area (Å²) in [6.45, 7) is 0. The molecule has 0 bridgehead atoms. The Morgan fingerprint density at radius 3 is 2.95 bits per heavy atom. The number of hydrogen-bond donors (Lipinski definition) is 5. The predicted octanol–water partition coefficient (Wildman–Crippen LogP) is -0.555. The zero-order valence-electron chi connectivity index (χ0n) is 9.54. The highest BCUT2D eigenvalue weighted by Gasteiger charge is 2.14. The first kappa shape index (κ1) is 12.4. The molecule has 0 spiro atoms. The van der Waals surface area contributed by atoms with Gasteiger partial charge in [0, 0.05) is 6.07 Å². The number of nitrogens with zero attached hydrogens (tertiary/aromatic N) is 2. The normalized spacial score (nSPS) is 11.3. The van der Waals surface area contributed by atoms with Crippen LogP contribution in [0.5, 0.6) is 0 Å². The number of aromatic amines is 2. The van der Waals surface area contributed by atoms with Gasteiger partial charge in [0.25, 0.3) is 5.91 Å². The van der Waals surface area contributed by atoms with Crippen LogP contribution in [0.1, 0.15) is 16.1 Å². The number of aromatic nitrogens is 3. The van der Waals surface area contributed by atoms with Crippen molar-refractivity contribution in [3.63, 3.8) is 0 Å². The summed E-state index contributed by atoms with van der Waals surface area (Å²) in [5.41, 5.74) is 5.32. The van der Waals surface area contributed by atoms with Crippen LogP contribution in [0.2, 0.25) is 0 Å². The Labute approximate surface area is 106 Å². The van der Waals surface area contributed by atoms with Crippen LogP contribution in [-0.4, -0.2) is 32.1 Å². The van der Waals surface area contributed by atoms with E-state index >= 15 is 0 Å². The lowest BCUT2D eigenvalue weighted by atomic mass is 10.3. The first-order chi connectivity index (χ1) is 9.11. The van der Waals surface area contributed by atoms with E-state index in [0.717, 1.165) is 0 Å². The molecule has 0 unspecified atom stereocenters. The van der Waals surface area contributed by atoms with Gasteiger partial charge in [-0.1, -0.05) is 11.2 Å². The van der Waals surface area contributed by atoms with E-state index in [9.17, 15) is 9.59 Å². The van der Waals surface area contributed by atoms with Crippen molar-refractivity contribution in [2.24, 2.45) is 10.9 Å². The molecule has 0 radical (unpaired) electrons. The Morgan fingerprint density at radius 2 is 2.26 bits per heavy atom. The van der Waals surface area contributed by atoms with Crippen molar-refractivity contribution in [3.05, 3.63) is 46.0 Å². The zero-order chi connectivity index (χ0) is 13.8. The molecule has 98 valence electrons. The Bertz CT molecular complexity index is 686. The molecule has 1 amide bonds. The Balaban J connectivity index is 2.25. The van der Waals surface area contributed by atoms with E-state index < -0.39 is 11.5 Å². The van der Waals surface area contributed by atoms with Crippen LogP contribution in [-0.2, 0) is 0 Å². The minimum absolute atomic E-state index is 0.0764. The minimum Gasteiger partial charge on any atom is -0.409 e. The van der Waals surface area contributed by atoms with Crippen LogP contribution in [0.25, 0.3) is 0 Å². The van der Waals surface area contributed by atoms with Gasteiger partial charge in [-0.15, -0.1) is 0 Å². The second kappa shape index (κ2) is 5.04. The molecule has 2 aromatic rings. The summed E-state index contributed by atoms with van der Waals surface area (Å²) in [7, 11) is 0. The molecule has 0 aliphatic heterocycles. The second-order valence-electron chi connectivity index (χ2n) is 3.53. The van der Waals surface area contributed by atoms with Gasteiger partial charge in [-0.3, -0.25) is 14.7 Å². The largest absolute Gasteiger partial charge is 0.409 e. The topological polar surface area (TPSA) is 149 Å². The van der Waals surface area contributed by atoms with Crippen molar-refractivity contribution in [1.82, 2.24) is 15.2 Å². The summed E-state index contributed by atoms with van der Waals surface area (Å²) < 4.78 is 0. The van der Waals surface area contributed by atoms with Gasteiger partial charge in [-0.2, -0.15) is 5.10 Å².